The van der Waals surface area contributed by atoms with Crippen molar-refractivity contribution in [2.75, 3.05) is 6.54 Å². The molecule has 0 fully saturated rings. The van der Waals surface area contributed by atoms with Crippen molar-refractivity contribution in [3.05, 3.63) is 30.1 Å². The van der Waals surface area contributed by atoms with Gasteiger partial charge in [0.2, 0.25) is 11.8 Å². The van der Waals surface area contributed by atoms with Crippen molar-refractivity contribution in [2.24, 2.45) is 5.41 Å². The van der Waals surface area contributed by atoms with E-state index in [0.29, 0.717) is 13.1 Å². The number of pyridine rings is 1. The fourth-order valence-corrected chi connectivity index (χ4v) is 1.81. The summed E-state index contributed by atoms with van der Waals surface area (Å²) < 4.78 is 0. The van der Waals surface area contributed by atoms with Gasteiger partial charge in [0, 0.05) is 25.5 Å². The molecule has 0 saturated heterocycles. The van der Waals surface area contributed by atoms with Gasteiger partial charge in [0.15, 0.2) is 0 Å². The Morgan fingerprint density at radius 2 is 1.90 bits per heavy atom. The van der Waals surface area contributed by atoms with E-state index in [9.17, 15) is 9.59 Å². The number of nitrogens with one attached hydrogen (secondary N) is 2. The molecule has 21 heavy (non-hydrogen) atoms. The summed E-state index contributed by atoms with van der Waals surface area (Å²) >= 11 is 0. The lowest BCUT2D eigenvalue weighted by Crippen LogP contribution is -2.47. The zero-order valence-corrected chi connectivity index (χ0v) is 13.1. The second-order valence-electron chi connectivity index (χ2n) is 5.63. The molecule has 5 heteroatoms. The molecule has 1 aromatic heterocycles. The van der Waals surface area contributed by atoms with Crippen LogP contribution in [0.4, 0.5) is 0 Å². The maximum atomic E-state index is 12.2. The molecular weight excluding hydrogens is 266 g/mol. The summed E-state index contributed by atoms with van der Waals surface area (Å²) in [6.07, 6.45) is 6.49. The van der Waals surface area contributed by atoms with E-state index >= 15 is 0 Å². The minimum atomic E-state index is -1.07. The smallest absolute Gasteiger partial charge is 0.235 e. The Kier molecular flexibility index (Phi) is 6.85. The minimum Gasteiger partial charge on any atom is -0.355 e. The van der Waals surface area contributed by atoms with E-state index in [0.717, 1.165) is 24.8 Å². The number of carbonyl (C=O) groups is 2. The van der Waals surface area contributed by atoms with Gasteiger partial charge < -0.3 is 10.6 Å². The van der Waals surface area contributed by atoms with Crippen LogP contribution >= 0.6 is 0 Å². The van der Waals surface area contributed by atoms with Crippen LogP contribution in [0.3, 0.4) is 0 Å². The number of aromatic nitrogens is 1. The number of amides is 2. The van der Waals surface area contributed by atoms with Crippen LogP contribution in [0.2, 0.25) is 0 Å². The molecule has 2 amide bonds. The number of nitrogens with zero attached hydrogens (tertiary/aromatic N) is 1. The molecular formula is C16H25N3O2. The molecule has 0 bridgehead atoms. The van der Waals surface area contributed by atoms with Gasteiger partial charge in [-0.1, -0.05) is 25.8 Å². The van der Waals surface area contributed by atoms with Crippen molar-refractivity contribution in [1.29, 1.82) is 0 Å². The molecule has 5 nitrogen and oxygen atoms in total. The first-order valence-electron chi connectivity index (χ1n) is 7.44. The van der Waals surface area contributed by atoms with Crippen LogP contribution in [0.1, 0.15) is 45.6 Å². The number of hydrogen-bond acceptors (Lipinski definition) is 3. The van der Waals surface area contributed by atoms with Gasteiger partial charge in [0.1, 0.15) is 5.41 Å². The zero-order chi connectivity index (χ0) is 15.7. The maximum Gasteiger partial charge on any atom is 0.235 e. The summed E-state index contributed by atoms with van der Waals surface area (Å²) in [5, 5.41) is 5.61. The largest absolute Gasteiger partial charge is 0.355 e. The molecule has 0 aromatic carbocycles. The SMILES string of the molecule is CCCCCNC(=O)C(C)(C)C(=O)NCc1cccnc1. The van der Waals surface area contributed by atoms with E-state index in [1.54, 1.807) is 26.2 Å². The zero-order valence-electron chi connectivity index (χ0n) is 13.1. The first-order chi connectivity index (χ1) is 9.98. The minimum absolute atomic E-state index is 0.234. The quantitative estimate of drug-likeness (QED) is 0.568. The first kappa shape index (κ1) is 17.1. The summed E-state index contributed by atoms with van der Waals surface area (Å²) in [5.74, 6) is -0.512. The molecule has 0 unspecified atom stereocenters. The molecule has 0 aliphatic heterocycles. The number of rotatable bonds is 8. The Morgan fingerprint density at radius 1 is 1.19 bits per heavy atom. The Morgan fingerprint density at radius 3 is 2.52 bits per heavy atom. The van der Waals surface area contributed by atoms with Gasteiger partial charge >= 0.3 is 0 Å². The van der Waals surface area contributed by atoms with Gasteiger partial charge in [0.05, 0.1) is 0 Å². The molecule has 1 rings (SSSR count). The van der Waals surface area contributed by atoms with Crippen molar-refractivity contribution in [2.45, 2.75) is 46.6 Å². The topological polar surface area (TPSA) is 71.1 Å². The average Bonchev–Trinajstić information content (AvgIpc) is 2.49. The Bertz CT molecular complexity index is 458. The Hall–Kier alpha value is -1.91. The Labute approximate surface area is 126 Å². The van der Waals surface area contributed by atoms with Gasteiger partial charge in [-0.25, -0.2) is 0 Å². The lowest BCUT2D eigenvalue weighted by Gasteiger charge is -2.22. The maximum absolute atomic E-state index is 12.2. The molecule has 0 radical (unpaired) electrons. The average molecular weight is 291 g/mol. The monoisotopic (exact) mass is 291 g/mol. The standard InChI is InChI=1S/C16H25N3O2/c1-4-5-6-10-18-14(20)16(2,3)15(21)19-12-13-8-7-9-17-11-13/h7-9,11H,4-6,10,12H2,1-3H3,(H,18,20)(H,19,21). The number of hydrogen-bond donors (Lipinski definition) is 2. The van der Waals surface area contributed by atoms with Gasteiger partial charge in [-0.15, -0.1) is 0 Å². The van der Waals surface area contributed by atoms with Crippen molar-refractivity contribution < 1.29 is 9.59 Å². The molecule has 1 heterocycles. The third-order valence-corrected chi connectivity index (χ3v) is 3.38. The molecule has 0 aliphatic carbocycles. The van der Waals surface area contributed by atoms with Crippen LogP contribution in [-0.2, 0) is 16.1 Å². The van der Waals surface area contributed by atoms with Gasteiger partial charge in [-0.3, -0.25) is 14.6 Å². The summed E-state index contributed by atoms with van der Waals surface area (Å²) in [7, 11) is 0. The molecule has 0 spiro atoms. The predicted octanol–water partition coefficient (Wildman–Crippen LogP) is 2.03. The van der Waals surface area contributed by atoms with Crippen molar-refractivity contribution in [1.82, 2.24) is 15.6 Å². The van der Waals surface area contributed by atoms with E-state index in [-0.39, 0.29) is 11.8 Å². The highest BCUT2D eigenvalue weighted by Gasteiger charge is 2.35. The summed E-state index contributed by atoms with van der Waals surface area (Å²) in [5.41, 5.74) is -0.168. The fraction of sp³-hybridized carbons (Fsp3) is 0.562. The lowest BCUT2D eigenvalue weighted by molar-refractivity contribution is -0.141. The highest BCUT2D eigenvalue weighted by atomic mass is 16.2. The van der Waals surface area contributed by atoms with Crippen LogP contribution < -0.4 is 10.6 Å². The van der Waals surface area contributed by atoms with E-state index in [1.165, 1.54) is 0 Å². The second-order valence-corrected chi connectivity index (χ2v) is 5.63. The number of unbranched alkanes of at least 4 members (excludes halogenated alkanes) is 2. The highest BCUT2D eigenvalue weighted by molar-refractivity contribution is 6.04. The molecule has 1 aromatic rings. The third kappa shape index (κ3) is 5.53. The van der Waals surface area contributed by atoms with Crippen molar-refractivity contribution >= 4 is 11.8 Å². The van der Waals surface area contributed by atoms with Crippen LogP contribution in [0, 0.1) is 5.41 Å². The van der Waals surface area contributed by atoms with E-state index in [2.05, 4.69) is 22.5 Å². The number of carbonyl (C=O) groups excluding carboxylic acids is 2. The lowest BCUT2D eigenvalue weighted by atomic mass is 9.91. The molecule has 0 atom stereocenters. The van der Waals surface area contributed by atoms with Gasteiger partial charge in [-0.05, 0) is 31.9 Å². The van der Waals surface area contributed by atoms with Crippen LogP contribution in [-0.4, -0.2) is 23.3 Å². The van der Waals surface area contributed by atoms with E-state index in [1.807, 2.05) is 12.1 Å². The molecule has 2 N–H and O–H groups in total. The fourth-order valence-electron chi connectivity index (χ4n) is 1.81. The van der Waals surface area contributed by atoms with E-state index < -0.39 is 5.41 Å². The summed E-state index contributed by atoms with van der Waals surface area (Å²) in [6, 6.07) is 3.69. The first-order valence-corrected chi connectivity index (χ1v) is 7.44. The molecule has 116 valence electrons. The van der Waals surface area contributed by atoms with Crippen molar-refractivity contribution in [3.63, 3.8) is 0 Å². The second kappa shape index (κ2) is 8.39. The normalized spacial score (nSPS) is 11.0. The van der Waals surface area contributed by atoms with E-state index in [4.69, 9.17) is 0 Å². The molecule has 0 aliphatic rings. The summed E-state index contributed by atoms with van der Waals surface area (Å²) in [4.78, 5) is 28.3. The third-order valence-electron chi connectivity index (χ3n) is 3.38. The van der Waals surface area contributed by atoms with Crippen LogP contribution in [0.15, 0.2) is 24.5 Å². The predicted molar refractivity (Wildman–Crippen MR) is 82.4 cm³/mol. The summed E-state index contributed by atoms with van der Waals surface area (Å²) in [6.45, 7) is 6.38. The Balaban J connectivity index is 2.44. The van der Waals surface area contributed by atoms with Crippen LogP contribution in [0.25, 0.3) is 0 Å². The highest BCUT2D eigenvalue weighted by Crippen LogP contribution is 2.15. The van der Waals surface area contributed by atoms with Gasteiger partial charge in [-0.2, -0.15) is 0 Å². The van der Waals surface area contributed by atoms with Gasteiger partial charge in [0.25, 0.3) is 0 Å². The van der Waals surface area contributed by atoms with Crippen molar-refractivity contribution in [3.8, 4) is 0 Å². The van der Waals surface area contributed by atoms with Crippen LogP contribution in [0.5, 0.6) is 0 Å². The molecule has 0 saturated carbocycles.